The summed E-state index contributed by atoms with van der Waals surface area (Å²) in [5.41, 5.74) is 1.85. The molecule has 0 bridgehead atoms. The van der Waals surface area contributed by atoms with E-state index < -0.39 is 5.97 Å². The van der Waals surface area contributed by atoms with Gasteiger partial charge in [-0.2, -0.15) is 0 Å². The largest absolute Gasteiger partial charge is 0.481 e. The Morgan fingerprint density at radius 1 is 1.58 bits per heavy atom. The topological polar surface area (TPSA) is 37.3 Å². The fourth-order valence-corrected chi connectivity index (χ4v) is 1.34. The Morgan fingerprint density at radius 3 is 2.75 bits per heavy atom. The number of benzene rings is 1. The summed E-state index contributed by atoms with van der Waals surface area (Å²) in [4.78, 5) is 11.1. The highest BCUT2D eigenvalue weighted by atomic mass is 32.1. The van der Waals surface area contributed by atoms with Crippen LogP contribution in [-0.2, 0) is 11.2 Å². The van der Waals surface area contributed by atoms with Gasteiger partial charge in [-0.1, -0.05) is 17.7 Å². The number of aliphatic carboxylic acids is 1. The molecule has 0 saturated carbocycles. The molecule has 2 nitrogen and oxygen atoms in total. The summed E-state index contributed by atoms with van der Waals surface area (Å²) < 4.78 is 0. The first-order chi connectivity index (χ1) is 5.59. The highest BCUT2D eigenvalue weighted by Crippen LogP contribution is 2.15. The minimum Gasteiger partial charge on any atom is -0.481 e. The third-order valence-corrected chi connectivity index (χ3v) is 2.00. The van der Waals surface area contributed by atoms with Crippen LogP contribution in [0.15, 0.2) is 23.1 Å². The van der Waals surface area contributed by atoms with E-state index in [0.29, 0.717) is 0 Å². The Hall–Kier alpha value is -0.960. The van der Waals surface area contributed by atoms with Crippen molar-refractivity contribution in [2.45, 2.75) is 18.2 Å². The molecule has 64 valence electrons. The van der Waals surface area contributed by atoms with Crippen LogP contribution in [0.1, 0.15) is 11.1 Å². The Morgan fingerprint density at radius 2 is 2.25 bits per heavy atom. The molecule has 1 aromatic carbocycles. The number of carboxylic acids is 1. The standard InChI is InChI=1S/C9H10O2S/c1-6-2-3-7(5-9(10)11)8(12)4-6/h2-4,12H,5H2,1H3,(H,10,11). The number of rotatable bonds is 2. The van der Waals surface area contributed by atoms with Crippen molar-refractivity contribution in [3.05, 3.63) is 29.3 Å². The molecule has 0 aliphatic rings. The highest BCUT2D eigenvalue weighted by Gasteiger charge is 2.03. The first-order valence-electron chi connectivity index (χ1n) is 3.60. The van der Waals surface area contributed by atoms with Crippen LogP contribution in [0.2, 0.25) is 0 Å². The lowest BCUT2D eigenvalue weighted by molar-refractivity contribution is -0.136. The first-order valence-corrected chi connectivity index (χ1v) is 4.04. The van der Waals surface area contributed by atoms with Crippen LogP contribution in [0.5, 0.6) is 0 Å². The van der Waals surface area contributed by atoms with E-state index in [9.17, 15) is 4.79 Å². The molecule has 0 fully saturated rings. The van der Waals surface area contributed by atoms with Crippen LogP contribution < -0.4 is 0 Å². The van der Waals surface area contributed by atoms with E-state index in [2.05, 4.69) is 12.6 Å². The van der Waals surface area contributed by atoms with Gasteiger partial charge in [0.25, 0.3) is 0 Å². The van der Waals surface area contributed by atoms with Crippen molar-refractivity contribution in [3.8, 4) is 0 Å². The first kappa shape index (κ1) is 9.13. The van der Waals surface area contributed by atoms with Crippen molar-refractivity contribution in [2.75, 3.05) is 0 Å². The molecule has 12 heavy (non-hydrogen) atoms. The summed E-state index contributed by atoms with van der Waals surface area (Å²) in [7, 11) is 0. The molecule has 0 unspecified atom stereocenters. The van der Waals surface area contributed by atoms with E-state index in [1.165, 1.54) is 0 Å². The Kier molecular flexibility index (Phi) is 2.76. The molecule has 0 amide bonds. The average molecular weight is 182 g/mol. The second-order valence-electron chi connectivity index (χ2n) is 2.70. The predicted octanol–water partition coefficient (Wildman–Crippen LogP) is 1.91. The molecule has 0 radical (unpaired) electrons. The molecular weight excluding hydrogens is 172 g/mol. The Labute approximate surface area is 76.6 Å². The summed E-state index contributed by atoms with van der Waals surface area (Å²) >= 11 is 4.18. The molecular formula is C9H10O2S. The molecule has 0 heterocycles. The summed E-state index contributed by atoms with van der Waals surface area (Å²) in [5.74, 6) is -0.825. The van der Waals surface area contributed by atoms with Crippen molar-refractivity contribution in [3.63, 3.8) is 0 Å². The normalized spacial score (nSPS) is 9.83. The monoisotopic (exact) mass is 182 g/mol. The van der Waals surface area contributed by atoms with Crippen LogP contribution >= 0.6 is 12.6 Å². The second kappa shape index (κ2) is 3.63. The highest BCUT2D eigenvalue weighted by molar-refractivity contribution is 7.80. The van der Waals surface area contributed by atoms with Gasteiger partial charge >= 0.3 is 5.97 Å². The lowest BCUT2D eigenvalue weighted by Crippen LogP contribution is -2.00. The lowest BCUT2D eigenvalue weighted by Gasteiger charge is -2.02. The smallest absolute Gasteiger partial charge is 0.307 e. The van der Waals surface area contributed by atoms with E-state index in [1.54, 1.807) is 6.07 Å². The van der Waals surface area contributed by atoms with Gasteiger partial charge in [0.15, 0.2) is 0 Å². The number of aryl methyl sites for hydroxylation is 1. The van der Waals surface area contributed by atoms with Gasteiger partial charge in [0.2, 0.25) is 0 Å². The Balaban J connectivity index is 2.93. The molecule has 0 aromatic heterocycles. The number of carboxylic acid groups (broad SMARTS) is 1. The van der Waals surface area contributed by atoms with Crippen LogP contribution in [0.3, 0.4) is 0 Å². The van der Waals surface area contributed by atoms with Gasteiger partial charge in [-0.25, -0.2) is 0 Å². The zero-order valence-corrected chi connectivity index (χ0v) is 7.64. The molecule has 3 heteroatoms. The maximum atomic E-state index is 10.4. The van der Waals surface area contributed by atoms with Crippen molar-refractivity contribution >= 4 is 18.6 Å². The minimum atomic E-state index is -0.825. The summed E-state index contributed by atoms with van der Waals surface area (Å²) in [6, 6.07) is 5.55. The van der Waals surface area contributed by atoms with E-state index in [0.717, 1.165) is 16.0 Å². The molecule has 0 saturated heterocycles. The van der Waals surface area contributed by atoms with Gasteiger partial charge in [0, 0.05) is 4.90 Å². The lowest BCUT2D eigenvalue weighted by atomic mass is 10.1. The van der Waals surface area contributed by atoms with Crippen molar-refractivity contribution in [1.82, 2.24) is 0 Å². The number of carbonyl (C=O) groups is 1. The molecule has 0 aliphatic heterocycles. The van der Waals surface area contributed by atoms with E-state index in [-0.39, 0.29) is 6.42 Å². The maximum Gasteiger partial charge on any atom is 0.307 e. The summed E-state index contributed by atoms with van der Waals surface area (Å²) in [5, 5.41) is 8.53. The van der Waals surface area contributed by atoms with E-state index in [1.807, 2.05) is 19.1 Å². The van der Waals surface area contributed by atoms with Crippen LogP contribution in [0.25, 0.3) is 0 Å². The van der Waals surface area contributed by atoms with E-state index in [4.69, 9.17) is 5.11 Å². The van der Waals surface area contributed by atoms with Crippen LogP contribution in [-0.4, -0.2) is 11.1 Å². The predicted molar refractivity (Wildman–Crippen MR) is 49.8 cm³/mol. The maximum absolute atomic E-state index is 10.4. The molecule has 0 spiro atoms. The van der Waals surface area contributed by atoms with Crippen LogP contribution in [0.4, 0.5) is 0 Å². The molecule has 0 atom stereocenters. The number of hydrogen-bond donors (Lipinski definition) is 2. The van der Waals surface area contributed by atoms with Crippen molar-refractivity contribution in [1.29, 1.82) is 0 Å². The van der Waals surface area contributed by atoms with Crippen molar-refractivity contribution in [2.24, 2.45) is 0 Å². The average Bonchev–Trinajstić information content (AvgIpc) is 1.94. The fraction of sp³-hybridized carbons (Fsp3) is 0.222. The third kappa shape index (κ3) is 2.27. The zero-order valence-electron chi connectivity index (χ0n) is 6.74. The van der Waals surface area contributed by atoms with Gasteiger partial charge in [0.05, 0.1) is 6.42 Å². The summed E-state index contributed by atoms with van der Waals surface area (Å²) in [6.07, 6.45) is 0.0408. The van der Waals surface area contributed by atoms with E-state index >= 15 is 0 Å². The minimum absolute atomic E-state index is 0.0408. The molecule has 1 aromatic rings. The molecule has 1 N–H and O–H groups in total. The summed E-state index contributed by atoms with van der Waals surface area (Å²) in [6.45, 7) is 1.95. The third-order valence-electron chi connectivity index (χ3n) is 1.58. The van der Waals surface area contributed by atoms with Gasteiger partial charge in [0.1, 0.15) is 0 Å². The van der Waals surface area contributed by atoms with Gasteiger partial charge < -0.3 is 5.11 Å². The Bertz CT molecular complexity index is 307. The number of hydrogen-bond acceptors (Lipinski definition) is 2. The molecule has 0 aliphatic carbocycles. The zero-order chi connectivity index (χ0) is 9.14. The SMILES string of the molecule is Cc1ccc(CC(=O)O)c(S)c1. The van der Waals surface area contributed by atoms with Crippen LogP contribution in [0, 0.1) is 6.92 Å². The second-order valence-corrected chi connectivity index (χ2v) is 3.18. The van der Waals surface area contributed by atoms with Crippen molar-refractivity contribution < 1.29 is 9.90 Å². The quantitative estimate of drug-likeness (QED) is 0.685. The van der Waals surface area contributed by atoms with Gasteiger partial charge in [-0.05, 0) is 18.6 Å². The molecule has 1 rings (SSSR count). The number of thiol groups is 1. The van der Waals surface area contributed by atoms with Gasteiger partial charge in [-0.3, -0.25) is 4.79 Å². The van der Waals surface area contributed by atoms with Gasteiger partial charge in [-0.15, -0.1) is 12.6 Å². The fourth-order valence-electron chi connectivity index (χ4n) is 0.986.